The quantitative estimate of drug-likeness (QED) is 0.590. The highest BCUT2D eigenvalue weighted by atomic mass is 35.5. The Morgan fingerprint density at radius 1 is 1.50 bits per heavy atom. The SMILES string of the molecule is CC(=O)SCCC#Cc1cccc(Cl)c1C. The lowest BCUT2D eigenvalue weighted by Gasteiger charge is -1.99. The van der Waals surface area contributed by atoms with E-state index in [1.165, 1.54) is 11.8 Å². The van der Waals surface area contributed by atoms with Crippen LogP contribution in [0.3, 0.4) is 0 Å². The van der Waals surface area contributed by atoms with Crippen LogP contribution in [0.1, 0.15) is 24.5 Å². The Labute approximate surface area is 106 Å². The molecular formula is C13H13ClOS. The molecule has 1 rings (SSSR count). The first-order valence-electron chi connectivity index (χ1n) is 4.98. The third-order valence-corrected chi connectivity index (χ3v) is 3.25. The second-order valence-electron chi connectivity index (χ2n) is 3.30. The lowest BCUT2D eigenvalue weighted by atomic mass is 10.1. The molecule has 0 spiro atoms. The second-order valence-corrected chi connectivity index (χ2v) is 4.98. The van der Waals surface area contributed by atoms with Crippen molar-refractivity contribution in [3.8, 4) is 11.8 Å². The summed E-state index contributed by atoms with van der Waals surface area (Å²) < 4.78 is 0. The summed E-state index contributed by atoms with van der Waals surface area (Å²) in [6.45, 7) is 3.52. The van der Waals surface area contributed by atoms with Crippen LogP contribution in [0.15, 0.2) is 18.2 Å². The smallest absolute Gasteiger partial charge is 0.185 e. The maximum Gasteiger partial charge on any atom is 0.185 e. The minimum atomic E-state index is 0.140. The van der Waals surface area contributed by atoms with Gasteiger partial charge in [-0.2, -0.15) is 0 Å². The van der Waals surface area contributed by atoms with Gasteiger partial charge in [-0.3, -0.25) is 4.79 Å². The summed E-state index contributed by atoms with van der Waals surface area (Å²) in [6.07, 6.45) is 0.718. The molecule has 0 N–H and O–H groups in total. The molecule has 0 heterocycles. The highest BCUT2D eigenvalue weighted by Gasteiger charge is 1.97. The molecule has 0 atom stereocenters. The maximum absolute atomic E-state index is 10.7. The van der Waals surface area contributed by atoms with Gasteiger partial charge in [0.1, 0.15) is 0 Å². The minimum absolute atomic E-state index is 0.140. The molecular weight excluding hydrogens is 240 g/mol. The van der Waals surface area contributed by atoms with E-state index in [0.29, 0.717) is 0 Å². The predicted molar refractivity (Wildman–Crippen MR) is 70.8 cm³/mol. The number of thioether (sulfide) groups is 1. The molecule has 16 heavy (non-hydrogen) atoms. The molecule has 0 bridgehead atoms. The van der Waals surface area contributed by atoms with Gasteiger partial charge in [0.2, 0.25) is 0 Å². The van der Waals surface area contributed by atoms with Crippen molar-refractivity contribution in [1.29, 1.82) is 0 Å². The average molecular weight is 253 g/mol. The number of carbonyl (C=O) groups excluding carboxylic acids is 1. The summed E-state index contributed by atoms with van der Waals surface area (Å²) in [7, 11) is 0. The van der Waals surface area contributed by atoms with E-state index in [1.54, 1.807) is 6.92 Å². The Morgan fingerprint density at radius 2 is 2.25 bits per heavy atom. The topological polar surface area (TPSA) is 17.1 Å². The van der Waals surface area contributed by atoms with Crippen molar-refractivity contribution in [2.75, 3.05) is 5.75 Å². The molecule has 3 heteroatoms. The van der Waals surface area contributed by atoms with Crippen LogP contribution in [0.4, 0.5) is 0 Å². The molecule has 0 aliphatic carbocycles. The first-order valence-corrected chi connectivity index (χ1v) is 6.35. The Kier molecular flexibility index (Phi) is 5.45. The van der Waals surface area contributed by atoms with Crippen molar-refractivity contribution in [3.05, 3.63) is 34.3 Å². The highest BCUT2D eigenvalue weighted by Crippen LogP contribution is 2.17. The van der Waals surface area contributed by atoms with Gasteiger partial charge in [0.05, 0.1) is 0 Å². The van der Waals surface area contributed by atoms with Crippen molar-refractivity contribution < 1.29 is 4.79 Å². The van der Waals surface area contributed by atoms with Gasteiger partial charge in [0.25, 0.3) is 0 Å². The number of rotatable bonds is 2. The molecule has 0 radical (unpaired) electrons. The Hall–Kier alpha value is -0.910. The molecule has 0 aromatic heterocycles. The van der Waals surface area contributed by atoms with Crippen molar-refractivity contribution in [2.45, 2.75) is 20.3 Å². The third-order valence-electron chi connectivity index (χ3n) is 2.02. The zero-order chi connectivity index (χ0) is 12.0. The van der Waals surface area contributed by atoms with Gasteiger partial charge < -0.3 is 0 Å². The Bertz CT molecular complexity index is 443. The first-order chi connectivity index (χ1) is 7.61. The van der Waals surface area contributed by atoms with Crippen molar-refractivity contribution in [1.82, 2.24) is 0 Å². The molecule has 0 amide bonds. The van der Waals surface area contributed by atoms with Crippen molar-refractivity contribution in [3.63, 3.8) is 0 Å². The van der Waals surface area contributed by atoms with Crippen LogP contribution in [0, 0.1) is 18.8 Å². The van der Waals surface area contributed by atoms with E-state index in [2.05, 4.69) is 11.8 Å². The van der Waals surface area contributed by atoms with Gasteiger partial charge in [0, 0.05) is 29.7 Å². The van der Waals surface area contributed by atoms with Crippen LogP contribution in [-0.2, 0) is 4.79 Å². The Morgan fingerprint density at radius 3 is 2.94 bits per heavy atom. The predicted octanol–water partition coefficient (Wildman–Crippen LogP) is 3.67. The minimum Gasteiger partial charge on any atom is -0.288 e. The molecule has 84 valence electrons. The summed E-state index contributed by atoms with van der Waals surface area (Å²) in [4.78, 5) is 10.7. The van der Waals surface area contributed by atoms with Crippen LogP contribution in [-0.4, -0.2) is 10.9 Å². The van der Waals surface area contributed by atoms with E-state index in [0.717, 1.165) is 28.3 Å². The van der Waals surface area contributed by atoms with Crippen LogP contribution in [0.2, 0.25) is 5.02 Å². The fourth-order valence-corrected chi connectivity index (χ4v) is 1.81. The normalized spacial score (nSPS) is 9.44. The number of hydrogen-bond donors (Lipinski definition) is 0. The molecule has 1 aromatic carbocycles. The highest BCUT2D eigenvalue weighted by molar-refractivity contribution is 8.13. The van der Waals surface area contributed by atoms with Crippen LogP contribution in [0.25, 0.3) is 0 Å². The van der Waals surface area contributed by atoms with Crippen molar-refractivity contribution >= 4 is 28.5 Å². The lowest BCUT2D eigenvalue weighted by Crippen LogP contribution is -1.85. The summed E-state index contributed by atoms with van der Waals surface area (Å²) >= 11 is 7.29. The van der Waals surface area contributed by atoms with Gasteiger partial charge in [-0.1, -0.05) is 41.3 Å². The van der Waals surface area contributed by atoms with E-state index < -0.39 is 0 Å². The summed E-state index contributed by atoms with van der Waals surface area (Å²) in [5.74, 6) is 6.86. The summed E-state index contributed by atoms with van der Waals surface area (Å²) in [5.41, 5.74) is 1.97. The largest absolute Gasteiger partial charge is 0.288 e. The number of halogens is 1. The molecule has 0 saturated carbocycles. The molecule has 1 nitrogen and oxygen atoms in total. The van der Waals surface area contributed by atoms with E-state index in [9.17, 15) is 4.79 Å². The standard InChI is InChI=1S/C13H13ClOS/c1-10-12(7-5-8-13(10)14)6-3-4-9-16-11(2)15/h5,7-8H,4,9H2,1-2H3. The fourth-order valence-electron chi connectivity index (χ4n) is 1.15. The number of benzene rings is 1. The molecule has 0 aliphatic heterocycles. The third kappa shape index (κ3) is 4.30. The average Bonchev–Trinajstić information content (AvgIpc) is 2.23. The van der Waals surface area contributed by atoms with Crippen LogP contribution >= 0.6 is 23.4 Å². The van der Waals surface area contributed by atoms with E-state index in [4.69, 9.17) is 11.6 Å². The fraction of sp³-hybridized carbons (Fsp3) is 0.308. The maximum atomic E-state index is 10.7. The summed E-state index contributed by atoms with van der Waals surface area (Å²) in [5, 5.41) is 0.880. The van der Waals surface area contributed by atoms with Crippen molar-refractivity contribution in [2.24, 2.45) is 0 Å². The first kappa shape index (κ1) is 13.2. The number of carbonyl (C=O) groups is 1. The lowest BCUT2D eigenvalue weighted by molar-refractivity contribution is -0.109. The zero-order valence-electron chi connectivity index (χ0n) is 9.34. The molecule has 0 unspecified atom stereocenters. The van der Waals surface area contributed by atoms with Gasteiger partial charge in [-0.05, 0) is 24.6 Å². The molecule has 0 aliphatic rings. The Balaban J connectivity index is 2.56. The van der Waals surface area contributed by atoms with Crippen LogP contribution < -0.4 is 0 Å². The molecule has 0 fully saturated rings. The van der Waals surface area contributed by atoms with Crippen LogP contribution in [0.5, 0.6) is 0 Å². The second kappa shape index (κ2) is 6.62. The van der Waals surface area contributed by atoms with E-state index in [1.807, 2.05) is 25.1 Å². The monoisotopic (exact) mass is 252 g/mol. The van der Waals surface area contributed by atoms with Gasteiger partial charge in [-0.25, -0.2) is 0 Å². The summed E-state index contributed by atoms with van der Waals surface area (Å²) in [6, 6.07) is 5.70. The molecule has 1 aromatic rings. The van der Waals surface area contributed by atoms with E-state index >= 15 is 0 Å². The van der Waals surface area contributed by atoms with Gasteiger partial charge in [0.15, 0.2) is 5.12 Å². The van der Waals surface area contributed by atoms with E-state index in [-0.39, 0.29) is 5.12 Å². The van der Waals surface area contributed by atoms with Gasteiger partial charge >= 0.3 is 0 Å². The number of hydrogen-bond acceptors (Lipinski definition) is 2. The van der Waals surface area contributed by atoms with Gasteiger partial charge in [-0.15, -0.1) is 0 Å². The molecule has 0 saturated heterocycles. The zero-order valence-corrected chi connectivity index (χ0v) is 10.9.